The molecular formula is C24H30F6N6O5. The van der Waals surface area contributed by atoms with Gasteiger partial charge in [-0.15, -0.1) is 5.10 Å². The molecule has 0 bridgehead atoms. The summed E-state index contributed by atoms with van der Waals surface area (Å²) in [5.41, 5.74) is 8.35. The first kappa shape index (κ1) is 33.3. The highest BCUT2D eigenvalue weighted by Gasteiger charge is 2.39. The van der Waals surface area contributed by atoms with Crippen LogP contribution in [0.5, 0.6) is 0 Å². The number of piperidine rings is 1. The lowest BCUT2D eigenvalue weighted by molar-refractivity contribution is -0.193. The summed E-state index contributed by atoms with van der Waals surface area (Å²) in [7, 11) is 0. The van der Waals surface area contributed by atoms with Gasteiger partial charge in [0.05, 0.1) is 11.3 Å². The number of amides is 1. The number of nitrogens with zero attached hydrogens (tertiary/aromatic N) is 5. The van der Waals surface area contributed by atoms with Crippen LogP contribution < -0.4 is 10.6 Å². The predicted octanol–water partition coefficient (Wildman–Crippen LogP) is 3.16. The number of carbonyl (C=O) groups is 3. The average Bonchev–Trinajstić information content (AvgIpc) is 3.61. The van der Waals surface area contributed by atoms with E-state index in [2.05, 4.69) is 21.3 Å². The fourth-order valence-corrected chi connectivity index (χ4v) is 4.24. The molecule has 1 atom stereocenters. The zero-order chi connectivity index (χ0) is 30.8. The van der Waals surface area contributed by atoms with Crippen molar-refractivity contribution in [1.29, 1.82) is 0 Å². The third-order valence-electron chi connectivity index (χ3n) is 6.11. The van der Waals surface area contributed by atoms with Crippen molar-refractivity contribution in [3.05, 3.63) is 41.7 Å². The van der Waals surface area contributed by atoms with Crippen LogP contribution in [0.2, 0.25) is 0 Å². The number of benzene rings is 1. The lowest BCUT2D eigenvalue weighted by Crippen LogP contribution is -2.41. The van der Waals surface area contributed by atoms with Crippen molar-refractivity contribution in [2.75, 3.05) is 31.1 Å². The van der Waals surface area contributed by atoms with Gasteiger partial charge in [-0.05, 0) is 43.7 Å². The normalized spacial score (nSPS) is 17.2. The highest BCUT2D eigenvalue weighted by Crippen LogP contribution is 2.27. The second kappa shape index (κ2) is 14.7. The zero-order valence-electron chi connectivity index (χ0n) is 21.7. The molecule has 1 aromatic heterocycles. The third kappa shape index (κ3) is 10.5. The van der Waals surface area contributed by atoms with Gasteiger partial charge in [0.15, 0.2) is 0 Å². The standard InChI is InChI=1S/C20H28N6O.2C2HF3O2/c21-12-17-15-26(23-22-17)14-16-6-5-11-25(13-16)20(27)18-7-1-2-8-19(18)24-9-3-4-10-24;2*3-2(4,5)1(6)7/h1-2,7-8,15-16H,3-6,9-14,21H2;2*(H,6,7). The molecule has 228 valence electrons. The highest BCUT2D eigenvalue weighted by atomic mass is 19.4. The summed E-state index contributed by atoms with van der Waals surface area (Å²) in [6.45, 7) is 4.87. The van der Waals surface area contributed by atoms with Gasteiger partial charge in [0, 0.05) is 51.2 Å². The van der Waals surface area contributed by atoms with Crippen molar-refractivity contribution in [2.24, 2.45) is 11.7 Å². The SMILES string of the molecule is NCc1cn(CC2CCCN(C(=O)c3ccccc3N3CCCC3)C2)nn1.O=C(O)C(F)(F)F.O=C(O)C(F)(F)F. The van der Waals surface area contributed by atoms with Gasteiger partial charge >= 0.3 is 24.3 Å². The van der Waals surface area contributed by atoms with E-state index in [0.29, 0.717) is 12.5 Å². The molecule has 11 nitrogen and oxygen atoms in total. The summed E-state index contributed by atoms with van der Waals surface area (Å²) in [5.74, 6) is -4.96. The molecule has 1 unspecified atom stereocenters. The van der Waals surface area contributed by atoms with Crippen LogP contribution in [0.25, 0.3) is 0 Å². The molecule has 4 rings (SSSR count). The van der Waals surface area contributed by atoms with Gasteiger partial charge in [0.25, 0.3) is 5.91 Å². The molecule has 2 saturated heterocycles. The number of alkyl halides is 6. The lowest BCUT2D eigenvalue weighted by atomic mass is 9.97. The first-order valence-corrected chi connectivity index (χ1v) is 12.5. The maximum Gasteiger partial charge on any atom is 0.490 e. The number of anilines is 1. The summed E-state index contributed by atoms with van der Waals surface area (Å²) in [6.07, 6.45) is -3.71. The van der Waals surface area contributed by atoms with Gasteiger partial charge < -0.3 is 25.7 Å². The van der Waals surface area contributed by atoms with E-state index in [1.165, 1.54) is 12.8 Å². The number of rotatable bonds is 5. The Balaban J connectivity index is 0.000000349. The molecule has 3 heterocycles. The Morgan fingerprint density at radius 3 is 2.00 bits per heavy atom. The van der Waals surface area contributed by atoms with E-state index in [4.69, 9.17) is 25.5 Å². The summed E-state index contributed by atoms with van der Waals surface area (Å²) < 4.78 is 65.3. The second-order valence-electron chi connectivity index (χ2n) is 9.21. The number of nitrogens with two attached hydrogens (primary N) is 1. The van der Waals surface area contributed by atoms with E-state index in [-0.39, 0.29) is 5.91 Å². The largest absolute Gasteiger partial charge is 0.490 e. The van der Waals surface area contributed by atoms with E-state index >= 15 is 0 Å². The number of para-hydroxylation sites is 1. The molecule has 0 spiro atoms. The van der Waals surface area contributed by atoms with E-state index < -0.39 is 24.3 Å². The molecule has 4 N–H and O–H groups in total. The quantitative estimate of drug-likeness (QED) is 0.442. The van der Waals surface area contributed by atoms with Crippen molar-refractivity contribution >= 4 is 23.5 Å². The number of aliphatic carboxylic acids is 2. The Morgan fingerprint density at radius 2 is 1.49 bits per heavy atom. The maximum atomic E-state index is 13.3. The number of carboxylic acid groups (broad SMARTS) is 2. The fourth-order valence-electron chi connectivity index (χ4n) is 4.24. The highest BCUT2D eigenvalue weighted by molar-refractivity contribution is 6.00. The van der Waals surface area contributed by atoms with Crippen molar-refractivity contribution in [2.45, 2.75) is 51.1 Å². The Kier molecular flexibility index (Phi) is 11.9. The molecule has 2 aliphatic heterocycles. The van der Waals surface area contributed by atoms with Crippen molar-refractivity contribution < 1.29 is 50.9 Å². The molecular weight excluding hydrogens is 566 g/mol. The number of carbonyl (C=O) groups excluding carboxylic acids is 1. The number of carboxylic acids is 2. The Morgan fingerprint density at radius 1 is 0.927 bits per heavy atom. The third-order valence-corrected chi connectivity index (χ3v) is 6.11. The number of hydrogen-bond acceptors (Lipinski definition) is 7. The number of aromatic nitrogens is 3. The molecule has 2 fully saturated rings. The Bertz CT molecular complexity index is 1140. The average molecular weight is 597 g/mol. The van der Waals surface area contributed by atoms with Crippen LogP contribution in [0.4, 0.5) is 32.0 Å². The van der Waals surface area contributed by atoms with Crippen molar-refractivity contribution in [3.63, 3.8) is 0 Å². The molecule has 41 heavy (non-hydrogen) atoms. The van der Waals surface area contributed by atoms with Gasteiger partial charge in [0.2, 0.25) is 0 Å². The summed E-state index contributed by atoms with van der Waals surface area (Å²) >= 11 is 0. The number of hydrogen-bond donors (Lipinski definition) is 3. The van der Waals surface area contributed by atoms with Crippen LogP contribution in [-0.4, -0.2) is 86.5 Å². The van der Waals surface area contributed by atoms with Crippen molar-refractivity contribution in [1.82, 2.24) is 19.9 Å². The van der Waals surface area contributed by atoms with Crippen LogP contribution in [0.3, 0.4) is 0 Å². The van der Waals surface area contributed by atoms with E-state index in [0.717, 1.165) is 62.5 Å². The minimum atomic E-state index is -5.08. The molecule has 0 aliphatic carbocycles. The number of halogens is 6. The molecule has 0 saturated carbocycles. The Labute approximate surface area is 230 Å². The Hall–Kier alpha value is -3.89. The topological polar surface area (TPSA) is 155 Å². The molecule has 17 heteroatoms. The van der Waals surface area contributed by atoms with Gasteiger partial charge in [-0.2, -0.15) is 26.3 Å². The molecule has 0 radical (unpaired) electrons. The zero-order valence-corrected chi connectivity index (χ0v) is 21.7. The van der Waals surface area contributed by atoms with E-state index in [1.54, 1.807) is 0 Å². The molecule has 1 amide bonds. The monoisotopic (exact) mass is 596 g/mol. The first-order chi connectivity index (χ1) is 19.1. The second-order valence-corrected chi connectivity index (χ2v) is 9.21. The fraction of sp³-hybridized carbons (Fsp3) is 0.542. The van der Waals surface area contributed by atoms with Crippen LogP contribution in [0.15, 0.2) is 30.5 Å². The van der Waals surface area contributed by atoms with Crippen LogP contribution in [-0.2, 0) is 22.7 Å². The lowest BCUT2D eigenvalue weighted by Gasteiger charge is -2.33. The molecule has 2 aliphatic rings. The van der Waals surface area contributed by atoms with E-state index in [9.17, 15) is 31.1 Å². The maximum absolute atomic E-state index is 13.3. The van der Waals surface area contributed by atoms with Crippen LogP contribution >= 0.6 is 0 Å². The van der Waals surface area contributed by atoms with Gasteiger partial charge in [-0.1, -0.05) is 17.3 Å². The summed E-state index contributed by atoms with van der Waals surface area (Å²) in [6, 6.07) is 8.06. The van der Waals surface area contributed by atoms with Gasteiger partial charge in [-0.25, -0.2) is 9.59 Å². The molecule has 1 aromatic carbocycles. The predicted molar refractivity (Wildman–Crippen MR) is 132 cm³/mol. The van der Waals surface area contributed by atoms with Crippen LogP contribution in [0, 0.1) is 5.92 Å². The molecule has 2 aromatic rings. The van der Waals surface area contributed by atoms with Crippen LogP contribution in [0.1, 0.15) is 41.7 Å². The number of likely N-dealkylation sites (tertiary alicyclic amines) is 1. The van der Waals surface area contributed by atoms with E-state index in [1.807, 2.05) is 34.0 Å². The van der Waals surface area contributed by atoms with Crippen molar-refractivity contribution in [3.8, 4) is 0 Å². The van der Waals surface area contributed by atoms with Gasteiger partial charge in [-0.3, -0.25) is 9.48 Å². The minimum absolute atomic E-state index is 0.156. The first-order valence-electron chi connectivity index (χ1n) is 12.5. The minimum Gasteiger partial charge on any atom is -0.475 e. The summed E-state index contributed by atoms with van der Waals surface area (Å²) in [5, 5.41) is 22.5. The summed E-state index contributed by atoms with van der Waals surface area (Å²) in [4.78, 5) is 35.4. The smallest absolute Gasteiger partial charge is 0.475 e. The van der Waals surface area contributed by atoms with Gasteiger partial charge in [0.1, 0.15) is 0 Å².